The van der Waals surface area contributed by atoms with E-state index >= 15 is 0 Å². The van der Waals surface area contributed by atoms with E-state index in [1.54, 1.807) is 6.92 Å². The summed E-state index contributed by atoms with van der Waals surface area (Å²) < 4.78 is 4.02. The van der Waals surface area contributed by atoms with Gasteiger partial charge in [0.2, 0.25) is 0 Å². The van der Waals surface area contributed by atoms with E-state index in [0.29, 0.717) is 17.3 Å². The second kappa shape index (κ2) is 4.26. The number of aliphatic carboxylic acids is 1. The first-order valence-electron chi connectivity index (χ1n) is 4.82. The predicted molar refractivity (Wildman–Crippen MR) is 59.1 cm³/mol. The summed E-state index contributed by atoms with van der Waals surface area (Å²) in [6.45, 7) is 7.85. The Morgan fingerprint density at radius 3 is 2.47 bits per heavy atom. The first-order valence-corrected chi connectivity index (χ1v) is 5.60. The molecule has 0 amide bonds. The highest BCUT2D eigenvalue weighted by molar-refractivity contribution is 7.05. The summed E-state index contributed by atoms with van der Waals surface area (Å²) >= 11 is 1.18. The van der Waals surface area contributed by atoms with Crippen molar-refractivity contribution in [2.75, 3.05) is 0 Å². The number of carbonyl (C=O) groups is 1. The molecule has 1 N–H and O–H groups in total. The summed E-state index contributed by atoms with van der Waals surface area (Å²) in [6.07, 6.45) is 0.580. The van der Waals surface area contributed by atoms with Gasteiger partial charge in [-0.25, -0.2) is 4.98 Å². The summed E-state index contributed by atoms with van der Waals surface area (Å²) in [4.78, 5) is 15.3. The predicted octanol–water partition coefficient (Wildman–Crippen LogP) is 2.45. The van der Waals surface area contributed by atoms with Crippen molar-refractivity contribution in [1.82, 2.24) is 9.36 Å². The van der Waals surface area contributed by atoms with E-state index in [4.69, 9.17) is 5.11 Å². The Kier molecular flexibility index (Phi) is 3.44. The van der Waals surface area contributed by atoms with Crippen LogP contribution >= 0.6 is 11.5 Å². The smallest absolute Gasteiger partial charge is 0.313 e. The zero-order valence-corrected chi connectivity index (χ0v) is 10.3. The molecule has 0 saturated heterocycles. The first kappa shape index (κ1) is 12.1. The van der Waals surface area contributed by atoms with Crippen LogP contribution in [0.25, 0.3) is 0 Å². The second-order valence-electron chi connectivity index (χ2n) is 4.84. The molecule has 0 fully saturated rings. The van der Waals surface area contributed by atoms with Crippen LogP contribution in [0.15, 0.2) is 0 Å². The third-order valence-corrected chi connectivity index (χ3v) is 2.87. The van der Waals surface area contributed by atoms with Crippen molar-refractivity contribution in [3.8, 4) is 0 Å². The molecular formula is C10H16N2O2S. The Morgan fingerprint density at radius 1 is 1.53 bits per heavy atom. The lowest BCUT2D eigenvalue weighted by Crippen LogP contribution is -2.19. The molecule has 0 radical (unpaired) electrons. The van der Waals surface area contributed by atoms with Gasteiger partial charge in [-0.1, -0.05) is 20.8 Å². The van der Waals surface area contributed by atoms with E-state index in [-0.39, 0.29) is 5.41 Å². The van der Waals surface area contributed by atoms with Crippen LogP contribution in [0.5, 0.6) is 0 Å². The van der Waals surface area contributed by atoms with Gasteiger partial charge >= 0.3 is 5.97 Å². The number of carboxylic acid groups (broad SMARTS) is 1. The van der Waals surface area contributed by atoms with Gasteiger partial charge in [-0.3, -0.25) is 4.79 Å². The Morgan fingerprint density at radius 2 is 2.13 bits per heavy atom. The van der Waals surface area contributed by atoms with Gasteiger partial charge in [0.1, 0.15) is 16.7 Å². The molecule has 0 aromatic carbocycles. The van der Waals surface area contributed by atoms with Crippen LogP contribution in [0, 0.1) is 12.3 Å². The number of rotatable bonds is 3. The van der Waals surface area contributed by atoms with E-state index < -0.39 is 11.9 Å². The second-order valence-corrected chi connectivity index (χ2v) is 5.62. The molecule has 15 heavy (non-hydrogen) atoms. The Labute approximate surface area is 93.5 Å². The SMILES string of the molecule is Cc1nsc(C(CC(C)(C)C)C(=O)O)n1. The largest absolute Gasteiger partial charge is 0.481 e. The topological polar surface area (TPSA) is 63.1 Å². The fraction of sp³-hybridized carbons (Fsp3) is 0.700. The number of hydrogen-bond acceptors (Lipinski definition) is 4. The van der Waals surface area contributed by atoms with E-state index in [1.165, 1.54) is 11.5 Å². The zero-order chi connectivity index (χ0) is 11.6. The van der Waals surface area contributed by atoms with Gasteiger partial charge in [0.05, 0.1) is 0 Å². The minimum atomic E-state index is -0.818. The third kappa shape index (κ3) is 3.58. The highest BCUT2D eigenvalue weighted by atomic mass is 32.1. The highest BCUT2D eigenvalue weighted by Gasteiger charge is 2.28. The van der Waals surface area contributed by atoms with Crippen LogP contribution in [0.1, 0.15) is 43.9 Å². The summed E-state index contributed by atoms with van der Waals surface area (Å²) in [5, 5.41) is 9.74. The van der Waals surface area contributed by atoms with E-state index in [1.807, 2.05) is 20.8 Å². The Bertz CT molecular complexity index is 355. The molecule has 4 nitrogen and oxygen atoms in total. The molecule has 1 atom stereocenters. The van der Waals surface area contributed by atoms with Crippen LogP contribution in [-0.4, -0.2) is 20.4 Å². The van der Waals surface area contributed by atoms with Crippen LogP contribution in [0.3, 0.4) is 0 Å². The average molecular weight is 228 g/mol. The van der Waals surface area contributed by atoms with Crippen molar-refractivity contribution in [3.05, 3.63) is 10.8 Å². The molecular weight excluding hydrogens is 212 g/mol. The number of aromatic nitrogens is 2. The maximum absolute atomic E-state index is 11.1. The van der Waals surface area contributed by atoms with Crippen molar-refractivity contribution < 1.29 is 9.90 Å². The fourth-order valence-electron chi connectivity index (χ4n) is 1.35. The maximum atomic E-state index is 11.1. The molecule has 1 aromatic heterocycles. The monoisotopic (exact) mass is 228 g/mol. The molecule has 84 valence electrons. The van der Waals surface area contributed by atoms with E-state index in [9.17, 15) is 4.79 Å². The first-order chi connectivity index (χ1) is 6.79. The van der Waals surface area contributed by atoms with E-state index in [2.05, 4.69) is 9.36 Å². The van der Waals surface area contributed by atoms with Crippen molar-refractivity contribution in [3.63, 3.8) is 0 Å². The van der Waals surface area contributed by atoms with Crippen molar-refractivity contribution in [2.45, 2.75) is 40.0 Å². The molecule has 0 bridgehead atoms. The third-order valence-electron chi connectivity index (χ3n) is 1.96. The number of nitrogens with zero attached hydrogens (tertiary/aromatic N) is 2. The van der Waals surface area contributed by atoms with Gasteiger partial charge in [-0.15, -0.1) is 0 Å². The van der Waals surface area contributed by atoms with Gasteiger partial charge < -0.3 is 5.11 Å². The summed E-state index contributed by atoms with van der Waals surface area (Å²) in [5.74, 6) is -0.701. The maximum Gasteiger partial charge on any atom is 0.313 e. The minimum absolute atomic E-state index is 0.0252. The zero-order valence-electron chi connectivity index (χ0n) is 9.44. The lowest BCUT2D eigenvalue weighted by molar-refractivity contribution is -0.139. The van der Waals surface area contributed by atoms with Gasteiger partial charge in [-0.2, -0.15) is 4.37 Å². The molecule has 5 heteroatoms. The number of carboxylic acids is 1. The minimum Gasteiger partial charge on any atom is -0.481 e. The lowest BCUT2D eigenvalue weighted by atomic mass is 9.85. The molecule has 0 aliphatic carbocycles. The van der Waals surface area contributed by atoms with E-state index in [0.717, 1.165) is 0 Å². The van der Waals surface area contributed by atoms with Crippen LogP contribution in [0.2, 0.25) is 0 Å². The van der Waals surface area contributed by atoms with Gasteiger partial charge in [-0.05, 0) is 30.3 Å². The molecule has 1 unspecified atom stereocenters. The molecule has 1 aromatic rings. The number of aryl methyl sites for hydroxylation is 1. The van der Waals surface area contributed by atoms with Crippen LogP contribution in [-0.2, 0) is 4.79 Å². The average Bonchev–Trinajstić information content (AvgIpc) is 2.45. The van der Waals surface area contributed by atoms with Gasteiger partial charge in [0.15, 0.2) is 0 Å². The highest BCUT2D eigenvalue weighted by Crippen LogP contribution is 2.32. The summed E-state index contributed by atoms with van der Waals surface area (Å²) in [7, 11) is 0. The Balaban J connectivity index is 2.89. The molecule has 0 spiro atoms. The lowest BCUT2D eigenvalue weighted by Gasteiger charge is -2.21. The number of hydrogen-bond donors (Lipinski definition) is 1. The molecule has 1 heterocycles. The quantitative estimate of drug-likeness (QED) is 0.863. The normalized spacial score (nSPS) is 13.9. The van der Waals surface area contributed by atoms with Crippen molar-refractivity contribution >= 4 is 17.5 Å². The van der Waals surface area contributed by atoms with Crippen LogP contribution < -0.4 is 0 Å². The van der Waals surface area contributed by atoms with Gasteiger partial charge in [0, 0.05) is 0 Å². The Hall–Kier alpha value is -0.970. The molecule has 0 aliphatic heterocycles. The summed E-state index contributed by atoms with van der Waals surface area (Å²) in [5.41, 5.74) is -0.0252. The molecule has 1 rings (SSSR count). The van der Waals surface area contributed by atoms with Crippen molar-refractivity contribution in [2.24, 2.45) is 5.41 Å². The van der Waals surface area contributed by atoms with Crippen molar-refractivity contribution in [1.29, 1.82) is 0 Å². The summed E-state index contributed by atoms with van der Waals surface area (Å²) in [6, 6.07) is 0. The standard InChI is InChI=1S/C10H16N2O2S/c1-6-11-8(15-12-6)7(9(13)14)5-10(2,3)4/h7H,5H2,1-4H3,(H,13,14). The molecule has 0 aliphatic rings. The van der Waals surface area contributed by atoms with Crippen LogP contribution in [0.4, 0.5) is 0 Å². The molecule has 0 saturated carbocycles. The van der Waals surface area contributed by atoms with Gasteiger partial charge in [0.25, 0.3) is 0 Å². The fourth-order valence-corrected chi connectivity index (χ4v) is 2.10.